The molecule has 10 N–H and O–H groups in total. The van der Waals surface area contributed by atoms with Gasteiger partial charge < -0.3 is 30.2 Å². The Morgan fingerprint density at radius 1 is 0.571 bits per heavy atom. The SMILES string of the molecule is O.O.O.O.O.[H+].[H-].[H-].[Na+].[Na+]. The standard InChI is InChI=1S/2Na.5H2O.2H/h;;5*1H2;;/q2*+1;;;;;;2*-1/p+1. The van der Waals surface area contributed by atoms with Gasteiger partial charge in [-0.25, -0.2) is 0 Å². The zero-order valence-corrected chi connectivity index (χ0v) is 8.50. The van der Waals surface area contributed by atoms with E-state index in [1.807, 2.05) is 0 Å². The molecular weight excluding hydrogens is 126 g/mol. The van der Waals surface area contributed by atoms with E-state index in [0.717, 1.165) is 0 Å². The fourth-order valence-electron chi connectivity index (χ4n) is 0. The van der Waals surface area contributed by atoms with E-state index in [-0.39, 0.29) is 90.8 Å². The summed E-state index contributed by atoms with van der Waals surface area (Å²) in [5.74, 6) is 0. The average molecular weight is 139 g/mol. The van der Waals surface area contributed by atoms with Gasteiger partial charge in [-0.15, -0.1) is 0 Å². The van der Waals surface area contributed by atoms with Crippen molar-refractivity contribution < 1.29 is 90.8 Å². The third kappa shape index (κ3) is 81.0. The van der Waals surface area contributed by atoms with E-state index in [9.17, 15) is 0 Å². The van der Waals surface area contributed by atoms with E-state index in [0.29, 0.717) is 0 Å². The molecule has 0 aromatic rings. The molecule has 44 valence electrons. The van der Waals surface area contributed by atoms with Crippen LogP contribution < -0.4 is 59.1 Å². The Kier molecular flexibility index (Phi) is 2630. The molecule has 0 heterocycles. The predicted molar refractivity (Wildman–Crippen MR) is 21.4 cm³/mol. The molecule has 0 bridgehead atoms. The molecule has 7 heavy (non-hydrogen) atoms. The van der Waals surface area contributed by atoms with Crippen LogP contribution in [0.5, 0.6) is 0 Å². The van der Waals surface area contributed by atoms with Gasteiger partial charge in [0.25, 0.3) is 0 Å². The van der Waals surface area contributed by atoms with Crippen LogP contribution in [0.15, 0.2) is 0 Å². The summed E-state index contributed by atoms with van der Waals surface area (Å²) in [4.78, 5) is 0. The van der Waals surface area contributed by atoms with Crippen LogP contribution in [0.3, 0.4) is 0 Å². The quantitative estimate of drug-likeness (QED) is 0.292. The maximum atomic E-state index is 0. The van der Waals surface area contributed by atoms with Crippen LogP contribution >= 0.6 is 0 Å². The van der Waals surface area contributed by atoms with Crippen LogP contribution in [0.2, 0.25) is 0 Å². The van der Waals surface area contributed by atoms with Crippen molar-refractivity contribution in [2.24, 2.45) is 0 Å². The van der Waals surface area contributed by atoms with Gasteiger partial charge in [-0.3, -0.25) is 0 Å². The van der Waals surface area contributed by atoms with E-state index in [4.69, 9.17) is 0 Å². The maximum Gasteiger partial charge on any atom is 1.00 e. The first-order valence-electron chi connectivity index (χ1n) is 0. The third-order valence-corrected chi connectivity index (χ3v) is 0. The Balaban J connectivity index is 0. The molecule has 0 aromatic carbocycles. The van der Waals surface area contributed by atoms with Crippen molar-refractivity contribution in [3.05, 3.63) is 0 Å². The summed E-state index contributed by atoms with van der Waals surface area (Å²) >= 11 is 0. The number of hydrogen-bond donors (Lipinski definition) is 0. The molecule has 0 aliphatic rings. The van der Waals surface area contributed by atoms with Crippen molar-refractivity contribution in [1.82, 2.24) is 0 Å². The van der Waals surface area contributed by atoms with E-state index in [2.05, 4.69) is 0 Å². The smallest absolute Gasteiger partial charge is 1.00 e. The summed E-state index contributed by atoms with van der Waals surface area (Å²) in [6.07, 6.45) is 0. The topological polar surface area (TPSA) is 158 Å². The van der Waals surface area contributed by atoms with Gasteiger partial charge in [0, 0.05) is 0 Å². The van der Waals surface area contributed by atoms with Crippen molar-refractivity contribution in [3.63, 3.8) is 0 Å². The van der Waals surface area contributed by atoms with Gasteiger partial charge in [0.05, 0.1) is 0 Å². The minimum absolute atomic E-state index is 0. The van der Waals surface area contributed by atoms with Crippen LogP contribution in [0.4, 0.5) is 0 Å². The molecule has 5 nitrogen and oxygen atoms in total. The fraction of sp³-hybridized carbons (Fsp3) is 0. The first-order valence-corrected chi connectivity index (χ1v) is 0. The summed E-state index contributed by atoms with van der Waals surface area (Å²) < 4.78 is 0. The van der Waals surface area contributed by atoms with Crippen molar-refractivity contribution in [2.75, 3.05) is 0 Å². The van der Waals surface area contributed by atoms with E-state index >= 15 is 0 Å². The normalized spacial score (nSPS) is 0. The Labute approximate surface area is 90.1 Å². The van der Waals surface area contributed by atoms with Crippen LogP contribution in [-0.2, 0) is 0 Å². The summed E-state index contributed by atoms with van der Waals surface area (Å²) in [5, 5.41) is 0. The predicted octanol–water partition coefficient (Wildman–Crippen LogP) is -9.78. The second kappa shape index (κ2) is 111. The third-order valence-electron chi connectivity index (χ3n) is 0. The molecule has 0 rings (SSSR count). The summed E-state index contributed by atoms with van der Waals surface area (Å²) in [7, 11) is 0. The van der Waals surface area contributed by atoms with Crippen molar-refractivity contribution >= 4 is 0 Å². The van der Waals surface area contributed by atoms with E-state index < -0.39 is 0 Å². The summed E-state index contributed by atoms with van der Waals surface area (Å²) in [6.45, 7) is 0. The maximum absolute atomic E-state index is 0. The number of hydrogen-bond acceptors (Lipinski definition) is 0. The van der Waals surface area contributed by atoms with Gasteiger partial charge >= 0.3 is 60.5 Å². The Hall–Kier alpha value is 1.80. The molecule has 0 unspecified atom stereocenters. The minimum Gasteiger partial charge on any atom is -1.00 e. The Bertz CT molecular complexity index is 14.9. The number of rotatable bonds is 0. The largest absolute Gasteiger partial charge is 1.00 e. The van der Waals surface area contributed by atoms with Crippen LogP contribution in [0, 0.1) is 0 Å². The zero-order valence-electron chi connectivity index (χ0n) is 7.50. The molecule has 0 spiro atoms. The first-order chi connectivity index (χ1) is 0. The van der Waals surface area contributed by atoms with Crippen molar-refractivity contribution in [1.29, 1.82) is 0 Å². The summed E-state index contributed by atoms with van der Waals surface area (Å²) in [6, 6.07) is 0. The van der Waals surface area contributed by atoms with Crippen molar-refractivity contribution in [3.8, 4) is 0 Å². The molecule has 0 fully saturated rings. The molecule has 0 aliphatic carbocycles. The molecule has 0 aliphatic heterocycles. The van der Waals surface area contributed by atoms with Gasteiger partial charge in [0.15, 0.2) is 0 Å². The summed E-state index contributed by atoms with van der Waals surface area (Å²) in [5.41, 5.74) is 0. The molecule has 0 saturated heterocycles. The van der Waals surface area contributed by atoms with Gasteiger partial charge in [-0.1, -0.05) is 0 Å². The Morgan fingerprint density at radius 2 is 0.571 bits per heavy atom. The van der Waals surface area contributed by atoms with Crippen LogP contribution in [0.1, 0.15) is 4.28 Å². The van der Waals surface area contributed by atoms with Crippen molar-refractivity contribution in [2.45, 2.75) is 0 Å². The van der Waals surface area contributed by atoms with E-state index in [1.165, 1.54) is 0 Å². The second-order valence-electron chi connectivity index (χ2n) is 0. The Morgan fingerprint density at radius 3 is 0.571 bits per heavy atom. The van der Waals surface area contributed by atoms with Gasteiger partial charge in [-0.05, 0) is 0 Å². The molecule has 0 saturated carbocycles. The zero-order chi connectivity index (χ0) is 0. The molecule has 0 atom stereocenters. The molecule has 7 heteroatoms. The second-order valence-corrected chi connectivity index (χ2v) is 0. The monoisotopic (exact) mass is 139 g/mol. The van der Waals surface area contributed by atoms with Gasteiger partial charge in [0.2, 0.25) is 0 Å². The van der Waals surface area contributed by atoms with Gasteiger partial charge in [-0.2, -0.15) is 0 Å². The molecule has 0 amide bonds. The first kappa shape index (κ1) is 165. The fourth-order valence-corrected chi connectivity index (χ4v) is 0. The molecule has 0 aromatic heterocycles. The molecule has 0 radical (unpaired) electrons. The van der Waals surface area contributed by atoms with Crippen LogP contribution in [-0.4, -0.2) is 27.4 Å². The van der Waals surface area contributed by atoms with Crippen LogP contribution in [0.25, 0.3) is 0 Å². The molecular formula is H13Na2O5+. The minimum atomic E-state index is 0. The van der Waals surface area contributed by atoms with Gasteiger partial charge in [0.1, 0.15) is 0 Å². The van der Waals surface area contributed by atoms with E-state index in [1.54, 1.807) is 0 Å². The average Bonchev–Trinajstić information content (AvgIpc) is 0.